The maximum atomic E-state index is 12.5. The van der Waals surface area contributed by atoms with Gasteiger partial charge in [-0.15, -0.1) is 0 Å². The van der Waals surface area contributed by atoms with Crippen molar-refractivity contribution in [3.63, 3.8) is 0 Å². The molecule has 0 spiro atoms. The van der Waals surface area contributed by atoms with Crippen molar-refractivity contribution >= 4 is 28.9 Å². The molecule has 0 aliphatic rings. The Morgan fingerprint density at radius 2 is 2.05 bits per heavy atom. The number of phenolic OH excluding ortho intramolecular Hbond substituents is 1. The molecule has 0 unspecified atom stereocenters. The summed E-state index contributed by atoms with van der Waals surface area (Å²) in [6, 6.07) is 11.3. The van der Waals surface area contributed by atoms with Crippen molar-refractivity contribution in [2.75, 3.05) is 17.2 Å². The predicted octanol–water partition coefficient (Wildman–Crippen LogP) is 3.29. The van der Waals surface area contributed by atoms with Gasteiger partial charge >= 0.3 is 0 Å². The number of carbonyl (C=O) groups is 1. The summed E-state index contributed by atoms with van der Waals surface area (Å²) in [7, 11) is 0. The first-order valence-electron chi connectivity index (χ1n) is 6.18. The van der Waals surface area contributed by atoms with Crippen molar-refractivity contribution in [3.8, 4) is 5.75 Å². The highest BCUT2D eigenvalue weighted by Crippen LogP contribution is 2.24. The number of aromatic hydroxyl groups is 1. The van der Waals surface area contributed by atoms with E-state index in [1.807, 2.05) is 6.92 Å². The van der Waals surface area contributed by atoms with Gasteiger partial charge in [0.25, 0.3) is 5.91 Å². The molecule has 104 valence electrons. The molecule has 0 saturated heterocycles. The standard InChI is InChI=1S/C15H15ClN2O2/c1-2-18(13-4-3-5-14(19)9-13)15(20)10-6-11(16)8-12(17)7-10/h3-9,19H,2,17H2,1H3. The van der Waals surface area contributed by atoms with E-state index in [0.29, 0.717) is 28.5 Å². The summed E-state index contributed by atoms with van der Waals surface area (Å²) in [5.74, 6) is -0.105. The molecular weight excluding hydrogens is 276 g/mol. The van der Waals surface area contributed by atoms with E-state index in [-0.39, 0.29) is 11.7 Å². The van der Waals surface area contributed by atoms with Gasteiger partial charge < -0.3 is 15.7 Å². The minimum Gasteiger partial charge on any atom is -0.508 e. The third kappa shape index (κ3) is 3.03. The average molecular weight is 291 g/mol. The maximum absolute atomic E-state index is 12.5. The lowest BCUT2D eigenvalue weighted by Crippen LogP contribution is -2.30. The molecule has 5 heteroatoms. The number of anilines is 2. The molecule has 0 fully saturated rings. The number of amides is 1. The normalized spacial score (nSPS) is 10.3. The Bertz CT molecular complexity index is 623. The van der Waals surface area contributed by atoms with E-state index >= 15 is 0 Å². The highest BCUT2D eigenvalue weighted by molar-refractivity contribution is 6.31. The fourth-order valence-electron chi connectivity index (χ4n) is 2.00. The summed E-state index contributed by atoms with van der Waals surface area (Å²) in [6.45, 7) is 2.32. The third-order valence-electron chi connectivity index (χ3n) is 2.87. The lowest BCUT2D eigenvalue weighted by atomic mass is 10.1. The van der Waals surface area contributed by atoms with Crippen LogP contribution in [0, 0.1) is 0 Å². The first-order valence-corrected chi connectivity index (χ1v) is 6.56. The van der Waals surface area contributed by atoms with E-state index < -0.39 is 0 Å². The van der Waals surface area contributed by atoms with E-state index in [4.69, 9.17) is 17.3 Å². The SMILES string of the molecule is CCN(C(=O)c1cc(N)cc(Cl)c1)c1cccc(O)c1. The van der Waals surface area contributed by atoms with Crippen molar-refractivity contribution in [3.05, 3.63) is 53.1 Å². The molecule has 0 saturated carbocycles. The van der Waals surface area contributed by atoms with Crippen LogP contribution in [0.25, 0.3) is 0 Å². The first kappa shape index (κ1) is 14.2. The highest BCUT2D eigenvalue weighted by atomic mass is 35.5. The van der Waals surface area contributed by atoms with Gasteiger partial charge in [-0.05, 0) is 37.3 Å². The van der Waals surface area contributed by atoms with E-state index in [1.54, 1.807) is 41.3 Å². The van der Waals surface area contributed by atoms with Crippen LogP contribution in [0.4, 0.5) is 11.4 Å². The Balaban J connectivity index is 2.38. The molecule has 3 N–H and O–H groups in total. The Kier molecular flexibility index (Phi) is 4.15. The zero-order chi connectivity index (χ0) is 14.7. The van der Waals surface area contributed by atoms with Crippen LogP contribution >= 0.6 is 11.6 Å². The maximum Gasteiger partial charge on any atom is 0.258 e. The molecule has 0 aliphatic heterocycles. The fourth-order valence-corrected chi connectivity index (χ4v) is 2.24. The van der Waals surface area contributed by atoms with Crippen LogP contribution < -0.4 is 10.6 Å². The molecule has 4 nitrogen and oxygen atoms in total. The van der Waals surface area contributed by atoms with E-state index in [0.717, 1.165) is 0 Å². The largest absolute Gasteiger partial charge is 0.508 e. The molecule has 0 radical (unpaired) electrons. The second-order valence-electron chi connectivity index (χ2n) is 4.34. The topological polar surface area (TPSA) is 66.6 Å². The predicted molar refractivity (Wildman–Crippen MR) is 81.3 cm³/mol. The second kappa shape index (κ2) is 5.84. The number of phenols is 1. The van der Waals surface area contributed by atoms with Gasteiger partial charge in [-0.3, -0.25) is 4.79 Å². The van der Waals surface area contributed by atoms with Crippen LogP contribution in [0.3, 0.4) is 0 Å². The summed E-state index contributed by atoms with van der Waals surface area (Å²) in [6.07, 6.45) is 0. The van der Waals surface area contributed by atoms with Crippen LogP contribution in [0.1, 0.15) is 17.3 Å². The number of carbonyl (C=O) groups excluding carboxylic acids is 1. The number of halogens is 1. The van der Waals surface area contributed by atoms with Gasteiger partial charge in [0.15, 0.2) is 0 Å². The second-order valence-corrected chi connectivity index (χ2v) is 4.78. The quantitative estimate of drug-likeness (QED) is 0.852. The molecule has 0 heterocycles. The first-order chi connectivity index (χ1) is 9.51. The summed E-state index contributed by atoms with van der Waals surface area (Å²) in [4.78, 5) is 14.1. The lowest BCUT2D eigenvalue weighted by molar-refractivity contribution is 0.0988. The smallest absolute Gasteiger partial charge is 0.258 e. The summed E-state index contributed by atoms with van der Waals surface area (Å²) >= 11 is 5.92. The van der Waals surface area contributed by atoms with Crippen molar-refractivity contribution in [1.82, 2.24) is 0 Å². The Morgan fingerprint density at radius 3 is 2.65 bits per heavy atom. The van der Waals surface area contributed by atoms with Gasteiger partial charge in [0.05, 0.1) is 0 Å². The number of rotatable bonds is 3. The lowest BCUT2D eigenvalue weighted by Gasteiger charge is -2.21. The van der Waals surface area contributed by atoms with E-state index in [9.17, 15) is 9.90 Å². The third-order valence-corrected chi connectivity index (χ3v) is 3.09. The van der Waals surface area contributed by atoms with Crippen LogP contribution in [-0.2, 0) is 0 Å². The number of hydrogen-bond acceptors (Lipinski definition) is 3. The molecule has 20 heavy (non-hydrogen) atoms. The summed E-state index contributed by atoms with van der Waals surface area (Å²) in [5.41, 5.74) is 7.18. The van der Waals surface area contributed by atoms with Crippen LogP contribution in [0.2, 0.25) is 5.02 Å². The number of hydrogen-bond donors (Lipinski definition) is 2. The number of nitrogens with two attached hydrogens (primary N) is 1. The Morgan fingerprint density at radius 1 is 1.30 bits per heavy atom. The summed E-state index contributed by atoms with van der Waals surface area (Å²) in [5, 5.41) is 9.94. The average Bonchev–Trinajstić information content (AvgIpc) is 2.38. The fraction of sp³-hybridized carbons (Fsp3) is 0.133. The van der Waals surface area contributed by atoms with Crippen LogP contribution in [0.5, 0.6) is 5.75 Å². The van der Waals surface area contributed by atoms with Crippen molar-refractivity contribution < 1.29 is 9.90 Å². The molecule has 0 aliphatic carbocycles. The molecule has 2 rings (SSSR count). The number of nitrogen functional groups attached to an aromatic ring is 1. The number of benzene rings is 2. The molecule has 0 bridgehead atoms. The van der Waals surface area contributed by atoms with Crippen LogP contribution in [-0.4, -0.2) is 17.6 Å². The van der Waals surface area contributed by atoms with E-state index in [1.165, 1.54) is 6.07 Å². The molecular formula is C15H15ClN2O2. The zero-order valence-corrected chi connectivity index (χ0v) is 11.8. The van der Waals surface area contributed by atoms with E-state index in [2.05, 4.69) is 0 Å². The van der Waals surface area contributed by atoms with Gasteiger partial charge in [-0.1, -0.05) is 17.7 Å². The molecule has 2 aromatic rings. The molecule has 0 atom stereocenters. The van der Waals surface area contributed by atoms with Gasteiger partial charge in [0.2, 0.25) is 0 Å². The zero-order valence-electron chi connectivity index (χ0n) is 11.0. The summed E-state index contributed by atoms with van der Waals surface area (Å²) < 4.78 is 0. The molecule has 2 aromatic carbocycles. The number of nitrogens with zero attached hydrogens (tertiary/aromatic N) is 1. The van der Waals surface area contributed by atoms with Crippen LogP contribution in [0.15, 0.2) is 42.5 Å². The molecule has 0 aromatic heterocycles. The minimum absolute atomic E-state index is 0.111. The van der Waals surface area contributed by atoms with Gasteiger partial charge in [-0.25, -0.2) is 0 Å². The van der Waals surface area contributed by atoms with Gasteiger partial charge in [0.1, 0.15) is 5.75 Å². The highest BCUT2D eigenvalue weighted by Gasteiger charge is 2.17. The minimum atomic E-state index is -0.215. The monoisotopic (exact) mass is 290 g/mol. The van der Waals surface area contributed by atoms with Crippen molar-refractivity contribution in [2.45, 2.75) is 6.92 Å². The van der Waals surface area contributed by atoms with Gasteiger partial charge in [0, 0.05) is 34.6 Å². The Hall–Kier alpha value is -2.20. The van der Waals surface area contributed by atoms with Gasteiger partial charge in [-0.2, -0.15) is 0 Å². The van der Waals surface area contributed by atoms with Crippen molar-refractivity contribution in [1.29, 1.82) is 0 Å². The Labute approximate surface area is 122 Å². The molecule has 1 amide bonds. The van der Waals surface area contributed by atoms with Crippen molar-refractivity contribution in [2.24, 2.45) is 0 Å².